The van der Waals surface area contributed by atoms with Crippen molar-refractivity contribution in [3.8, 4) is 11.3 Å². The summed E-state index contributed by atoms with van der Waals surface area (Å²) in [5.41, 5.74) is 7.47. The number of hydrogen-bond acceptors (Lipinski definition) is 1. The van der Waals surface area contributed by atoms with Gasteiger partial charge in [-0.25, -0.2) is 4.98 Å². The first-order chi connectivity index (χ1) is 11.2. The summed E-state index contributed by atoms with van der Waals surface area (Å²) in [6, 6.07) is 17.7. The molecule has 0 bridgehead atoms. The van der Waals surface area contributed by atoms with Crippen molar-refractivity contribution in [2.75, 3.05) is 0 Å². The molecule has 1 heterocycles. The SMILES string of the molecule is Cc1cc(-c2ccc3cc(C(C)C)ccc3n2)cc(C(C)(C)C)c1. The first-order valence-corrected chi connectivity index (χ1v) is 8.77. The Hall–Kier alpha value is -2.15. The monoisotopic (exact) mass is 317 g/mol. The average Bonchev–Trinajstić information content (AvgIpc) is 2.52. The molecule has 24 heavy (non-hydrogen) atoms. The second-order valence-electron chi connectivity index (χ2n) is 8.14. The molecule has 124 valence electrons. The maximum absolute atomic E-state index is 4.91. The normalized spacial score (nSPS) is 12.1. The molecule has 0 unspecified atom stereocenters. The maximum atomic E-state index is 4.91. The summed E-state index contributed by atoms with van der Waals surface area (Å²) in [6.45, 7) is 13.4. The number of aryl methyl sites for hydroxylation is 1. The number of aromatic nitrogens is 1. The number of fused-ring (bicyclic) bond motifs is 1. The summed E-state index contributed by atoms with van der Waals surface area (Å²) in [6.07, 6.45) is 0. The Balaban J connectivity index is 2.10. The minimum Gasteiger partial charge on any atom is -0.248 e. The number of nitrogens with zero attached hydrogens (tertiary/aromatic N) is 1. The van der Waals surface area contributed by atoms with Gasteiger partial charge in [-0.1, -0.05) is 58.4 Å². The first-order valence-electron chi connectivity index (χ1n) is 8.77. The van der Waals surface area contributed by atoms with Crippen molar-refractivity contribution in [3.63, 3.8) is 0 Å². The van der Waals surface area contributed by atoms with Crippen LogP contribution in [0.15, 0.2) is 48.5 Å². The fourth-order valence-electron chi connectivity index (χ4n) is 3.03. The van der Waals surface area contributed by atoms with Crippen LogP contribution < -0.4 is 0 Å². The lowest BCUT2D eigenvalue weighted by molar-refractivity contribution is 0.590. The molecule has 2 aromatic carbocycles. The van der Waals surface area contributed by atoms with Gasteiger partial charge in [-0.15, -0.1) is 0 Å². The molecule has 0 fully saturated rings. The molecule has 0 radical (unpaired) electrons. The quantitative estimate of drug-likeness (QED) is 0.517. The second-order valence-corrected chi connectivity index (χ2v) is 8.14. The van der Waals surface area contributed by atoms with Crippen molar-refractivity contribution in [1.82, 2.24) is 4.98 Å². The number of benzene rings is 2. The molecular formula is C23H27N. The Labute approximate surface area is 145 Å². The van der Waals surface area contributed by atoms with Crippen LogP contribution in [0.3, 0.4) is 0 Å². The lowest BCUT2D eigenvalue weighted by Gasteiger charge is -2.21. The summed E-state index contributed by atoms with van der Waals surface area (Å²) in [4.78, 5) is 4.91. The Bertz CT molecular complexity index is 882. The van der Waals surface area contributed by atoms with Crippen LogP contribution in [0.25, 0.3) is 22.2 Å². The van der Waals surface area contributed by atoms with E-state index < -0.39 is 0 Å². The molecule has 0 amide bonds. The molecule has 0 aliphatic carbocycles. The van der Waals surface area contributed by atoms with E-state index in [1.165, 1.54) is 27.6 Å². The average molecular weight is 317 g/mol. The molecule has 0 aliphatic rings. The van der Waals surface area contributed by atoms with E-state index in [1.807, 2.05) is 0 Å². The smallest absolute Gasteiger partial charge is 0.0709 e. The van der Waals surface area contributed by atoms with Crippen LogP contribution in [0.5, 0.6) is 0 Å². The molecule has 3 aromatic rings. The maximum Gasteiger partial charge on any atom is 0.0709 e. The standard InChI is InChI=1S/C23H27N/c1-15(2)17-7-9-21-18(13-17)8-10-22(24-21)19-11-16(3)12-20(14-19)23(4,5)6/h7-15H,1-6H3. The van der Waals surface area contributed by atoms with Crippen LogP contribution in [0.1, 0.15) is 57.2 Å². The predicted molar refractivity (Wildman–Crippen MR) is 105 cm³/mol. The van der Waals surface area contributed by atoms with E-state index >= 15 is 0 Å². The zero-order valence-corrected chi connectivity index (χ0v) is 15.6. The Morgan fingerprint density at radius 3 is 2.29 bits per heavy atom. The van der Waals surface area contributed by atoms with E-state index in [2.05, 4.69) is 90.1 Å². The second kappa shape index (κ2) is 6.05. The van der Waals surface area contributed by atoms with Gasteiger partial charge in [0.15, 0.2) is 0 Å². The molecule has 0 saturated carbocycles. The third-order valence-electron chi connectivity index (χ3n) is 4.62. The van der Waals surface area contributed by atoms with E-state index in [-0.39, 0.29) is 5.41 Å². The Morgan fingerprint density at radius 1 is 0.875 bits per heavy atom. The molecular weight excluding hydrogens is 290 g/mol. The highest BCUT2D eigenvalue weighted by Crippen LogP contribution is 2.30. The van der Waals surface area contributed by atoms with E-state index in [4.69, 9.17) is 4.98 Å². The minimum atomic E-state index is 0.143. The zero-order chi connectivity index (χ0) is 17.5. The van der Waals surface area contributed by atoms with Crippen LogP contribution in [-0.2, 0) is 5.41 Å². The molecule has 3 rings (SSSR count). The zero-order valence-electron chi connectivity index (χ0n) is 15.6. The highest BCUT2D eigenvalue weighted by molar-refractivity contribution is 5.82. The van der Waals surface area contributed by atoms with Gasteiger partial charge in [-0.2, -0.15) is 0 Å². The first kappa shape index (κ1) is 16.7. The fraction of sp³-hybridized carbons (Fsp3) is 0.348. The van der Waals surface area contributed by atoms with Crippen LogP contribution in [0.4, 0.5) is 0 Å². The van der Waals surface area contributed by atoms with Gasteiger partial charge < -0.3 is 0 Å². The summed E-state index contributed by atoms with van der Waals surface area (Å²) in [5, 5.41) is 1.22. The Morgan fingerprint density at radius 2 is 1.62 bits per heavy atom. The van der Waals surface area contributed by atoms with Crippen molar-refractivity contribution in [2.24, 2.45) is 0 Å². The number of rotatable bonds is 2. The van der Waals surface area contributed by atoms with E-state index in [1.54, 1.807) is 0 Å². The lowest BCUT2D eigenvalue weighted by atomic mass is 9.85. The molecule has 1 heteroatoms. The van der Waals surface area contributed by atoms with Gasteiger partial charge in [0.25, 0.3) is 0 Å². The van der Waals surface area contributed by atoms with Crippen LogP contribution in [0.2, 0.25) is 0 Å². The summed E-state index contributed by atoms with van der Waals surface area (Å²) < 4.78 is 0. The molecule has 0 saturated heterocycles. The van der Waals surface area contributed by atoms with Gasteiger partial charge >= 0.3 is 0 Å². The van der Waals surface area contributed by atoms with Gasteiger partial charge in [-0.3, -0.25) is 0 Å². The van der Waals surface area contributed by atoms with E-state index in [0.717, 1.165) is 11.2 Å². The van der Waals surface area contributed by atoms with Gasteiger partial charge in [-0.05, 0) is 59.7 Å². The van der Waals surface area contributed by atoms with Gasteiger partial charge in [0, 0.05) is 10.9 Å². The largest absolute Gasteiger partial charge is 0.248 e. The van der Waals surface area contributed by atoms with Crippen molar-refractivity contribution in [2.45, 2.75) is 52.9 Å². The van der Waals surface area contributed by atoms with Crippen molar-refractivity contribution < 1.29 is 0 Å². The van der Waals surface area contributed by atoms with Crippen molar-refractivity contribution in [3.05, 3.63) is 65.2 Å². The van der Waals surface area contributed by atoms with Crippen molar-refractivity contribution >= 4 is 10.9 Å². The van der Waals surface area contributed by atoms with Crippen LogP contribution in [-0.4, -0.2) is 4.98 Å². The van der Waals surface area contributed by atoms with Crippen LogP contribution in [0, 0.1) is 6.92 Å². The topological polar surface area (TPSA) is 12.9 Å². The summed E-state index contributed by atoms with van der Waals surface area (Å²) >= 11 is 0. The number of hydrogen-bond donors (Lipinski definition) is 0. The van der Waals surface area contributed by atoms with E-state index in [0.29, 0.717) is 5.92 Å². The fourth-order valence-corrected chi connectivity index (χ4v) is 3.03. The highest BCUT2D eigenvalue weighted by atomic mass is 14.7. The summed E-state index contributed by atoms with van der Waals surface area (Å²) in [7, 11) is 0. The number of pyridine rings is 1. The molecule has 0 spiro atoms. The minimum absolute atomic E-state index is 0.143. The van der Waals surface area contributed by atoms with Crippen molar-refractivity contribution in [1.29, 1.82) is 0 Å². The lowest BCUT2D eigenvalue weighted by Crippen LogP contribution is -2.11. The third-order valence-corrected chi connectivity index (χ3v) is 4.62. The van der Waals surface area contributed by atoms with Crippen LogP contribution >= 0.6 is 0 Å². The van der Waals surface area contributed by atoms with Gasteiger partial charge in [0.05, 0.1) is 11.2 Å². The molecule has 0 atom stereocenters. The third kappa shape index (κ3) is 3.36. The Kier molecular flexibility index (Phi) is 4.21. The molecule has 1 aromatic heterocycles. The molecule has 1 nitrogen and oxygen atoms in total. The predicted octanol–water partition coefficient (Wildman–Crippen LogP) is 6.63. The van der Waals surface area contributed by atoms with E-state index in [9.17, 15) is 0 Å². The highest BCUT2D eigenvalue weighted by Gasteiger charge is 2.15. The van der Waals surface area contributed by atoms with Gasteiger partial charge in [0.2, 0.25) is 0 Å². The molecule has 0 N–H and O–H groups in total. The van der Waals surface area contributed by atoms with Gasteiger partial charge in [0.1, 0.15) is 0 Å². The summed E-state index contributed by atoms with van der Waals surface area (Å²) in [5.74, 6) is 0.542. The molecule has 0 aliphatic heterocycles.